The number of rotatable bonds is 6. The van der Waals surface area contributed by atoms with E-state index in [1.807, 2.05) is 18.6 Å². The second-order valence-electron chi connectivity index (χ2n) is 6.51. The van der Waals surface area contributed by atoms with E-state index in [4.69, 9.17) is 22.1 Å². The van der Waals surface area contributed by atoms with Gasteiger partial charge in [0.05, 0.1) is 35.6 Å². The topological polar surface area (TPSA) is 60.5 Å². The normalized spacial score (nSPS) is 18.8. The lowest BCUT2D eigenvalue weighted by Gasteiger charge is -2.43. The van der Waals surface area contributed by atoms with E-state index in [2.05, 4.69) is 29.7 Å². The third kappa shape index (κ3) is 3.18. The molecule has 0 radical (unpaired) electrons. The van der Waals surface area contributed by atoms with Crippen LogP contribution in [0.4, 0.5) is 10.2 Å². The molecule has 1 aliphatic rings. The predicted molar refractivity (Wildman–Crippen MR) is 114 cm³/mol. The average Bonchev–Trinajstić information content (AvgIpc) is 3.00. The first-order valence-corrected chi connectivity index (χ1v) is 12.0. The molecule has 0 saturated heterocycles. The van der Waals surface area contributed by atoms with Crippen molar-refractivity contribution in [1.82, 2.24) is 19.1 Å². The summed E-state index contributed by atoms with van der Waals surface area (Å²) >= 11 is 6.33. The molecule has 0 spiro atoms. The molecule has 1 aromatic carbocycles. The van der Waals surface area contributed by atoms with E-state index in [-0.39, 0.29) is 5.82 Å². The van der Waals surface area contributed by atoms with Crippen molar-refractivity contribution >= 4 is 35.1 Å². The standard InChI is InChI=1S/C19H24FN6PS/c1-5-25(6-2)27(28)17-14(3)23-26(13-9-12-21)19(17)22-18(24(27)4)15-10-7-8-11-16(15)20/h7-8,10-11H,5-6,9,13H2,1-4H3. The summed E-state index contributed by atoms with van der Waals surface area (Å²) < 4.78 is 20.6. The van der Waals surface area contributed by atoms with Gasteiger partial charge in [0.1, 0.15) is 18.0 Å². The summed E-state index contributed by atoms with van der Waals surface area (Å²) in [6, 6.07) is 8.76. The monoisotopic (exact) mass is 418 g/mol. The first kappa shape index (κ1) is 20.7. The van der Waals surface area contributed by atoms with Gasteiger partial charge in [-0.25, -0.2) is 14.1 Å². The van der Waals surface area contributed by atoms with E-state index in [1.54, 1.807) is 22.9 Å². The van der Waals surface area contributed by atoms with Crippen LogP contribution in [0.3, 0.4) is 0 Å². The molecule has 9 heteroatoms. The summed E-state index contributed by atoms with van der Waals surface area (Å²) in [7, 11) is 1.90. The number of nitrogens with zero attached hydrogens (tertiary/aromatic N) is 6. The van der Waals surface area contributed by atoms with Crippen LogP contribution >= 0.6 is 6.34 Å². The molecule has 1 atom stereocenters. The van der Waals surface area contributed by atoms with Gasteiger partial charge in [-0.2, -0.15) is 10.4 Å². The highest BCUT2D eigenvalue weighted by atomic mass is 32.4. The van der Waals surface area contributed by atoms with Gasteiger partial charge in [0, 0.05) is 20.1 Å². The molecule has 1 unspecified atom stereocenters. The van der Waals surface area contributed by atoms with Gasteiger partial charge in [-0.15, -0.1) is 0 Å². The van der Waals surface area contributed by atoms with Crippen molar-refractivity contribution < 1.29 is 4.39 Å². The molecular formula is C19H24FN6PS. The molecule has 0 N–H and O–H groups in total. The van der Waals surface area contributed by atoms with E-state index in [0.29, 0.717) is 30.2 Å². The summed E-state index contributed by atoms with van der Waals surface area (Å²) in [4.78, 5) is 4.81. The van der Waals surface area contributed by atoms with Crippen molar-refractivity contribution in [2.45, 2.75) is 33.7 Å². The molecular weight excluding hydrogens is 394 g/mol. The second kappa shape index (κ2) is 8.12. The Labute approximate surface area is 170 Å². The molecule has 0 aliphatic carbocycles. The Hall–Kier alpha value is -2.07. The van der Waals surface area contributed by atoms with Crippen molar-refractivity contribution in [3.63, 3.8) is 0 Å². The van der Waals surface area contributed by atoms with Crippen LogP contribution in [0, 0.1) is 24.1 Å². The van der Waals surface area contributed by atoms with Gasteiger partial charge in [0.2, 0.25) is 0 Å². The van der Waals surface area contributed by atoms with Crippen LogP contribution in [0.1, 0.15) is 31.5 Å². The minimum absolute atomic E-state index is 0.322. The Kier molecular flexibility index (Phi) is 5.99. The van der Waals surface area contributed by atoms with Crippen molar-refractivity contribution in [2.24, 2.45) is 4.99 Å². The molecule has 0 fully saturated rings. The fraction of sp³-hybridized carbons (Fsp3) is 0.421. The van der Waals surface area contributed by atoms with Crippen molar-refractivity contribution in [3.8, 4) is 6.07 Å². The molecule has 3 rings (SSSR count). The molecule has 0 saturated carbocycles. The van der Waals surface area contributed by atoms with Crippen LogP contribution in [0.2, 0.25) is 0 Å². The smallest absolute Gasteiger partial charge is 0.164 e. The van der Waals surface area contributed by atoms with E-state index in [0.717, 1.165) is 24.1 Å². The molecule has 2 heterocycles. The fourth-order valence-corrected chi connectivity index (χ4v) is 8.19. The summed E-state index contributed by atoms with van der Waals surface area (Å²) in [5.74, 6) is 0.829. The largest absolute Gasteiger partial charge is 0.316 e. The minimum atomic E-state index is -2.46. The van der Waals surface area contributed by atoms with E-state index >= 15 is 0 Å². The van der Waals surface area contributed by atoms with Crippen LogP contribution in [0.25, 0.3) is 0 Å². The number of halogens is 1. The van der Waals surface area contributed by atoms with Crippen LogP contribution in [0.15, 0.2) is 29.3 Å². The van der Waals surface area contributed by atoms with Crippen molar-refractivity contribution in [1.29, 1.82) is 5.26 Å². The number of nitriles is 1. The fourth-order valence-electron chi connectivity index (χ4n) is 3.59. The van der Waals surface area contributed by atoms with E-state index in [1.165, 1.54) is 6.07 Å². The number of fused-ring (bicyclic) bond motifs is 1. The third-order valence-electron chi connectivity index (χ3n) is 4.95. The zero-order chi connectivity index (χ0) is 20.5. The number of amidine groups is 1. The maximum absolute atomic E-state index is 14.6. The number of aryl methyl sites for hydroxylation is 2. The summed E-state index contributed by atoms with van der Waals surface area (Å²) in [6.07, 6.45) is -2.14. The minimum Gasteiger partial charge on any atom is -0.316 e. The van der Waals surface area contributed by atoms with E-state index in [9.17, 15) is 4.39 Å². The Balaban J connectivity index is 2.32. The Morgan fingerprint density at radius 3 is 2.57 bits per heavy atom. The van der Waals surface area contributed by atoms with Gasteiger partial charge in [-0.1, -0.05) is 37.8 Å². The lowest BCUT2D eigenvalue weighted by molar-refractivity contribution is 0.486. The molecule has 0 amide bonds. The SMILES string of the molecule is CCN(CC)P1(=S)c2c(C)nn(CCC#N)c2N=C(c2ccccc2F)N1C. The summed E-state index contributed by atoms with van der Waals surface area (Å²) in [5.41, 5.74) is 1.24. The van der Waals surface area contributed by atoms with Crippen LogP contribution in [-0.4, -0.2) is 45.1 Å². The van der Waals surface area contributed by atoms with Crippen LogP contribution < -0.4 is 5.30 Å². The van der Waals surface area contributed by atoms with Gasteiger partial charge in [0.25, 0.3) is 0 Å². The molecule has 148 valence electrons. The van der Waals surface area contributed by atoms with Crippen LogP contribution in [0.5, 0.6) is 0 Å². The Bertz CT molecular complexity index is 1000. The molecule has 2 aromatic rings. The zero-order valence-electron chi connectivity index (χ0n) is 16.6. The number of hydrogen-bond donors (Lipinski definition) is 0. The van der Waals surface area contributed by atoms with Gasteiger partial charge >= 0.3 is 0 Å². The van der Waals surface area contributed by atoms with Gasteiger partial charge in [-0.05, 0) is 19.1 Å². The zero-order valence-corrected chi connectivity index (χ0v) is 18.3. The molecule has 0 bridgehead atoms. The number of aromatic nitrogens is 2. The van der Waals surface area contributed by atoms with Crippen LogP contribution in [-0.2, 0) is 18.4 Å². The molecule has 28 heavy (non-hydrogen) atoms. The molecule has 1 aliphatic heterocycles. The quantitative estimate of drug-likeness (QED) is 0.672. The molecule has 6 nitrogen and oxygen atoms in total. The lowest BCUT2D eigenvalue weighted by Crippen LogP contribution is -2.41. The maximum Gasteiger partial charge on any atom is 0.164 e. The third-order valence-corrected chi connectivity index (χ3v) is 10.4. The average molecular weight is 418 g/mol. The molecule has 1 aromatic heterocycles. The second-order valence-corrected chi connectivity index (χ2v) is 10.7. The number of hydrogen-bond acceptors (Lipinski definition) is 4. The Morgan fingerprint density at radius 2 is 1.96 bits per heavy atom. The Morgan fingerprint density at radius 1 is 1.29 bits per heavy atom. The van der Waals surface area contributed by atoms with Crippen molar-refractivity contribution in [3.05, 3.63) is 41.3 Å². The highest BCUT2D eigenvalue weighted by Gasteiger charge is 2.42. The van der Waals surface area contributed by atoms with Gasteiger partial charge < -0.3 is 4.67 Å². The number of aliphatic imine (C=N–C) groups is 1. The first-order chi connectivity index (χ1) is 13.4. The summed E-state index contributed by atoms with van der Waals surface area (Å²) in [6.45, 7) is 8.06. The van der Waals surface area contributed by atoms with Gasteiger partial charge in [0.15, 0.2) is 5.82 Å². The first-order valence-electron chi connectivity index (χ1n) is 9.28. The van der Waals surface area contributed by atoms with Gasteiger partial charge in [-0.3, -0.25) is 4.67 Å². The van der Waals surface area contributed by atoms with Crippen molar-refractivity contribution in [2.75, 3.05) is 20.1 Å². The number of benzene rings is 1. The lowest BCUT2D eigenvalue weighted by atomic mass is 10.2. The van der Waals surface area contributed by atoms with E-state index < -0.39 is 6.34 Å². The highest BCUT2D eigenvalue weighted by molar-refractivity contribution is 8.16. The summed E-state index contributed by atoms with van der Waals surface area (Å²) in [5, 5.41) is 14.6. The predicted octanol–water partition coefficient (Wildman–Crippen LogP) is 3.54. The highest BCUT2D eigenvalue weighted by Crippen LogP contribution is 2.57. The maximum atomic E-state index is 14.6.